The van der Waals surface area contributed by atoms with Gasteiger partial charge in [-0.3, -0.25) is 14.8 Å². The van der Waals surface area contributed by atoms with Crippen molar-refractivity contribution >= 4 is 33.7 Å². The number of ketones is 1. The Kier molecular flexibility index (Phi) is 6.96. The number of aryl methyl sites for hydroxylation is 1. The zero-order chi connectivity index (χ0) is 26.0. The van der Waals surface area contributed by atoms with Crippen LogP contribution >= 0.6 is 0 Å². The van der Waals surface area contributed by atoms with Crippen LogP contribution in [-0.2, 0) is 7.05 Å². The Labute approximate surface area is 208 Å². The first-order chi connectivity index (χ1) is 17.2. The van der Waals surface area contributed by atoms with Crippen LogP contribution in [0, 0.1) is 5.21 Å². The highest BCUT2D eigenvalue weighted by atomic mass is 16.8. The SMILES string of the molecule is CN(C)c1ccc(C(CC(=O)c2c(O)c3ccccc3n(C)c2=O)Nc2ccc(N([O-])O)cc2)cc1. The lowest BCUT2D eigenvalue weighted by Gasteiger charge is -2.24. The summed E-state index contributed by atoms with van der Waals surface area (Å²) in [6, 6.07) is 20.0. The normalized spacial score (nSPS) is 11.8. The van der Waals surface area contributed by atoms with Crippen molar-refractivity contribution in [1.29, 1.82) is 0 Å². The fourth-order valence-electron chi connectivity index (χ4n) is 4.16. The van der Waals surface area contributed by atoms with E-state index in [0.717, 1.165) is 11.3 Å². The third kappa shape index (κ3) is 4.88. The van der Waals surface area contributed by atoms with E-state index in [0.29, 0.717) is 16.6 Å². The van der Waals surface area contributed by atoms with Gasteiger partial charge in [0.2, 0.25) is 0 Å². The highest BCUT2D eigenvalue weighted by molar-refractivity contribution is 6.03. The summed E-state index contributed by atoms with van der Waals surface area (Å²) in [4.78, 5) is 28.5. The number of aromatic nitrogens is 1. The smallest absolute Gasteiger partial charge is 0.265 e. The van der Waals surface area contributed by atoms with Crippen LogP contribution in [-0.4, -0.2) is 34.8 Å². The van der Waals surface area contributed by atoms with Crippen molar-refractivity contribution in [3.8, 4) is 5.75 Å². The first kappa shape index (κ1) is 24.8. The number of nitrogens with zero attached hydrogens (tertiary/aromatic N) is 3. The molecule has 1 heterocycles. The van der Waals surface area contributed by atoms with Gasteiger partial charge in [-0.25, -0.2) is 0 Å². The monoisotopic (exact) mass is 487 g/mol. The van der Waals surface area contributed by atoms with E-state index in [1.54, 1.807) is 43.4 Å². The fourth-order valence-corrected chi connectivity index (χ4v) is 4.16. The Balaban J connectivity index is 1.72. The molecule has 9 nitrogen and oxygen atoms in total. The number of para-hydroxylation sites is 1. The largest absolute Gasteiger partial charge is 0.733 e. The van der Waals surface area contributed by atoms with E-state index in [4.69, 9.17) is 5.21 Å². The summed E-state index contributed by atoms with van der Waals surface area (Å²) >= 11 is 0. The summed E-state index contributed by atoms with van der Waals surface area (Å²) in [6.07, 6.45) is -0.113. The first-order valence-electron chi connectivity index (χ1n) is 11.3. The summed E-state index contributed by atoms with van der Waals surface area (Å²) in [5, 5.41) is 34.5. The molecule has 0 radical (unpaired) electrons. The van der Waals surface area contributed by atoms with Gasteiger partial charge in [-0.05, 0) is 54.1 Å². The van der Waals surface area contributed by atoms with Crippen LogP contribution < -0.4 is 21.0 Å². The Hall–Kier alpha value is -4.34. The van der Waals surface area contributed by atoms with Gasteiger partial charge in [-0.2, -0.15) is 0 Å². The lowest BCUT2D eigenvalue weighted by Crippen LogP contribution is -2.26. The van der Waals surface area contributed by atoms with Crippen LogP contribution in [0.3, 0.4) is 0 Å². The number of Topliss-reactive ketones (excluding diaryl/α,β-unsaturated/α-hetero) is 1. The standard InChI is InChI=1S/C27H27N4O5/c1-29(2)19-12-8-17(9-13-19)22(28-18-10-14-20(15-11-18)31(35)36)16-24(32)25-26(33)21-6-4-5-7-23(21)30(3)27(25)34/h4-15,22,28,33,35H,16H2,1-3H3/q-1. The van der Waals surface area contributed by atoms with Crippen LogP contribution in [0.4, 0.5) is 17.1 Å². The number of hydrogen-bond donors (Lipinski definition) is 3. The average Bonchev–Trinajstić information content (AvgIpc) is 2.87. The highest BCUT2D eigenvalue weighted by Crippen LogP contribution is 2.31. The number of rotatable bonds is 8. The van der Waals surface area contributed by atoms with Gasteiger partial charge < -0.3 is 30.3 Å². The fraction of sp³-hybridized carbons (Fsp3) is 0.185. The number of aromatic hydroxyl groups is 1. The molecule has 0 fully saturated rings. The summed E-state index contributed by atoms with van der Waals surface area (Å²) < 4.78 is 1.36. The molecular weight excluding hydrogens is 460 g/mol. The van der Waals surface area contributed by atoms with Crippen molar-refractivity contribution in [2.75, 3.05) is 29.5 Å². The second-order valence-corrected chi connectivity index (χ2v) is 8.73. The Morgan fingerprint density at radius 1 is 1.00 bits per heavy atom. The number of fused-ring (bicyclic) bond motifs is 1. The summed E-state index contributed by atoms with van der Waals surface area (Å²) in [5.74, 6) is -0.839. The van der Waals surface area contributed by atoms with Gasteiger partial charge in [0.05, 0.1) is 17.2 Å². The van der Waals surface area contributed by atoms with Gasteiger partial charge >= 0.3 is 0 Å². The zero-order valence-electron chi connectivity index (χ0n) is 20.2. The van der Waals surface area contributed by atoms with E-state index in [-0.39, 0.29) is 28.6 Å². The molecule has 0 saturated carbocycles. The third-order valence-electron chi connectivity index (χ3n) is 6.19. The van der Waals surface area contributed by atoms with E-state index in [9.17, 15) is 19.9 Å². The quantitative estimate of drug-likeness (QED) is 0.247. The predicted octanol–water partition coefficient (Wildman–Crippen LogP) is 4.43. The number of nitrogens with one attached hydrogen (secondary N) is 1. The number of anilines is 3. The van der Waals surface area contributed by atoms with Gasteiger partial charge in [0.1, 0.15) is 11.3 Å². The Morgan fingerprint density at radius 3 is 2.22 bits per heavy atom. The van der Waals surface area contributed by atoms with E-state index in [2.05, 4.69) is 5.32 Å². The van der Waals surface area contributed by atoms with Gasteiger partial charge in [-0.15, -0.1) is 0 Å². The summed E-state index contributed by atoms with van der Waals surface area (Å²) in [6.45, 7) is 0. The lowest BCUT2D eigenvalue weighted by molar-refractivity contribution is 0.0972. The maximum absolute atomic E-state index is 13.5. The molecule has 186 valence electrons. The van der Waals surface area contributed by atoms with Gasteiger partial charge in [-0.1, -0.05) is 24.3 Å². The van der Waals surface area contributed by atoms with Crippen molar-refractivity contribution < 1.29 is 15.1 Å². The molecule has 0 aliphatic carbocycles. The van der Waals surface area contributed by atoms with Crippen LogP contribution in [0.25, 0.3) is 10.9 Å². The second-order valence-electron chi connectivity index (χ2n) is 8.73. The van der Waals surface area contributed by atoms with Crippen molar-refractivity contribution in [2.24, 2.45) is 7.05 Å². The van der Waals surface area contributed by atoms with E-state index in [1.807, 2.05) is 43.3 Å². The minimum atomic E-state index is -0.569. The van der Waals surface area contributed by atoms with Crippen LogP contribution in [0.15, 0.2) is 77.6 Å². The third-order valence-corrected chi connectivity index (χ3v) is 6.19. The Morgan fingerprint density at radius 2 is 1.61 bits per heavy atom. The van der Waals surface area contributed by atoms with Crippen LogP contribution in [0.1, 0.15) is 28.4 Å². The summed E-state index contributed by atoms with van der Waals surface area (Å²) in [5.41, 5.74) is 2.14. The maximum Gasteiger partial charge on any atom is 0.265 e. The van der Waals surface area contributed by atoms with Crippen molar-refractivity contribution in [3.05, 3.63) is 99.5 Å². The molecule has 0 bridgehead atoms. The van der Waals surface area contributed by atoms with E-state index < -0.39 is 17.4 Å². The maximum atomic E-state index is 13.5. The second kappa shape index (κ2) is 10.1. The van der Waals surface area contributed by atoms with E-state index in [1.165, 1.54) is 16.7 Å². The van der Waals surface area contributed by atoms with E-state index >= 15 is 0 Å². The number of benzene rings is 3. The average molecular weight is 488 g/mol. The van der Waals surface area contributed by atoms with Crippen molar-refractivity contribution in [1.82, 2.24) is 4.57 Å². The van der Waals surface area contributed by atoms with Gasteiger partial charge in [0.15, 0.2) is 5.78 Å². The highest BCUT2D eigenvalue weighted by Gasteiger charge is 2.25. The predicted molar refractivity (Wildman–Crippen MR) is 141 cm³/mol. The molecule has 9 heteroatoms. The van der Waals surface area contributed by atoms with Crippen molar-refractivity contribution in [2.45, 2.75) is 12.5 Å². The molecule has 0 amide bonds. The van der Waals surface area contributed by atoms with Crippen LogP contribution in [0.2, 0.25) is 0 Å². The molecule has 36 heavy (non-hydrogen) atoms. The minimum absolute atomic E-state index is 0.0631. The van der Waals surface area contributed by atoms with Gasteiger partial charge in [0, 0.05) is 44.3 Å². The molecule has 1 aromatic heterocycles. The minimum Gasteiger partial charge on any atom is -0.733 e. The molecule has 0 aliphatic heterocycles. The zero-order valence-corrected chi connectivity index (χ0v) is 20.2. The molecule has 4 aromatic rings. The van der Waals surface area contributed by atoms with Gasteiger partial charge in [0.25, 0.3) is 5.56 Å². The van der Waals surface area contributed by atoms with Crippen LogP contribution in [0.5, 0.6) is 5.75 Å². The molecule has 1 unspecified atom stereocenters. The number of hydrogen-bond acceptors (Lipinski definition) is 8. The number of pyridine rings is 1. The number of carbonyl (C=O) groups is 1. The molecule has 0 aliphatic rings. The summed E-state index contributed by atoms with van der Waals surface area (Å²) in [7, 11) is 5.42. The molecular formula is C27H27N4O5-. The molecule has 0 saturated heterocycles. The lowest BCUT2D eigenvalue weighted by atomic mass is 9.96. The Bertz CT molecular complexity index is 1440. The first-order valence-corrected chi connectivity index (χ1v) is 11.3. The topological polar surface area (TPSA) is 121 Å². The number of carbonyl (C=O) groups excluding carboxylic acids is 1. The molecule has 4 rings (SSSR count). The molecule has 3 N–H and O–H groups in total. The molecule has 3 aromatic carbocycles. The molecule has 0 spiro atoms. The van der Waals surface area contributed by atoms with Crippen molar-refractivity contribution in [3.63, 3.8) is 0 Å². The molecule has 1 atom stereocenters.